The predicted octanol–water partition coefficient (Wildman–Crippen LogP) is 3.84. The van der Waals surface area contributed by atoms with Crippen molar-refractivity contribution in [3.63, 3.8) is 0 Å². The Kier molecular flexibility index (Phi) is 5.96. The van der Waals surface area contributed by atoms with E-state index in [9.17, 15) is 14.4 Å². The second-order valence-corrected chi connectivity index (χ2v) is 8.98. The van der Waals surface area contributed by atoms with E-state index in [0.29, 0.717) is 11.3 Å². The van der Waals surface area contributed by atoms with Crippen LogP contribution < -0.4 is 27.3 Å². The molecule has 0 saturated carbocycles. The van der Waals surface area contributed by atoms with Gasteiger partial charge in [-0.2, -0.15) is 4.68 Å². The number of aromatic nitrogens is 4. The zero-order valence-electron chi connectivity index (χ0n) is 18.2. The molecule has 0 spiro atoms. The number of nitrogens with zero attached hydrogens (tertiary/aromatic N) is 2. The number of aromatic amines is 2. The minimum atomic E-state index is -0.805. The quantitative estimate of drug-likeness (QED) is 0.380. The Balaban J connectivity index is 1.49. The van der Waals surface area contributed by atoms with Gasteiger partial charge in [-0.1, -0.05) is 41.4 Å². The molecule has 35 heavy (non-hydrogen) atoms. The third kappa shape index (κ3) is 4.48. The highest BCUT2D eigenvalue weighted by Gasteiger charge is 2.16. The Morgan fingerprint density at radius 1 is 0.943 bits per heavy atom. The number of ether oxygens (including phenoxy) is 1. The van der Waals surface area contributed by atoms with Crippen LogP contribution in [-0.2, 0) is 12.8 Å². The van der Waals surface area contributed by atoms with E-state index < -0.39 is 11.2 Å². The molecule has 0 atom stereocenters. The van der Waals surface area contributed by atoms with Crippen LogP contribution in [0.2, 0.25) is 10.0 Å². The van der Waals surface area contributed by atoms with Crippen molar-refractivity contribution < 1.29 is 4.74 Å². The summed E-state index contributed by atoms with van der Waals surface area (Å²) in [4.78, 5) is 40.9. The zero-order valence-corrected chi connectivity index (χ0v) is 19.7. The normalized spacial score (nSPS) is 12.9. The summed E-state index contributed by atoms with van der Waals surface area (Å²) in [7, 11) is 0. The average molecular weight is 512 g/mol. The summed E-state index contributed by atoms with van der Waals surface area (Å²) in [6, 6.07) is 10.5. The van der Waals surface area contributed by atoms with Crippen molar-refractivity contribution >= 4 is 29.0 Å². The summed E-state index contributed by atoms with van der Waals surface area (Å²) in [5.74, 6) is 0.0449. The molecule has 0 unspecified atom stereocenters. The maximum atomic E-state index is 12.6. The van der Waals surface area contributed by atoms with E-state index in [0.717, 1.165) is 29.5 Å². The van der Waals surface area contributed by atoms with Gasteiger partial charge in [0.1, 0.15) is 5.75 Å². The molecular weight excluding hydrogens is 493 g/mol. The van der Waals surface area contributed by atoms with Crippen LogP contribution in [0.1, 0.15) is 24.0 Å². The number of rotatable bonds is 4. The molecule has 1 aliphatic carbocycles. The van der Waals surface area contributed by atoms with Crippen molar-refractivity contribution in [3.05, 3.63) is 95.0 Å². The monoisotopic (exact) mass is 511 g/mol. The predicted molar refractivity (Wildman–Crippen MR) is 134 cm³/mol. The molecule has 4 N–H and O–H groups in total. The Morgan fingerprint density at radius 3 is 2.40 bits per heavy atom. The van der Waals surface area contributed by atoms with Crippen LogP contribution in [0.5, 0.6) is 11.5 Å². The highest BCUT2D eigenvalue weighted by atomic mass is 35.5. The number of hydrogen-bond acceptors (Lipinski definition) is 6. The fourth-order valence-corrected chi connectivity index (χ4v) is 4.66. The van der Waals surface area contributed by atoms with Gasteiger partial charge in [0, 0.05) is 6.20 Å². The average Bonchev–Trinajstić information content (AvgIpc) is 2.84. The molecule has 2 heterocycles. The Labute approximate surface area is 208 Å². The highest BCUT2D eigenvalue weighted by Crippen LogP contribution is 2.38. The van der Waals surface area contributed by atoms with Gasteiger partial charge in [-0.05, 0) is 60.6 Å². The smallest absolute Gasteiger partial charge is 0.349 e. The number of benzene rings is 2. The number of anilines is 1. The molecule has 178 valence electrons. The molecule has 5 rings (SSSR count). The van der Waals surface area contributed by atoms with E-state index in [1.165, 1.54) is 35.9 Å². The van der Waals surface area contributed by atoms with Gasteiger partial charge in [0.25, 0.3) is 11.1 Å². The molecule has 4 aromatic rings. The van der Waals surface area contributed by atoms with Crippen LogP contribution in [0, 0.1) is 0 Å². The van der Waals surface area contributed by atoms with Gasteiger partial charge in [-0.15, -0.1) is 5.10 Å². The minimum absolute atomic E-state index is 0.0764. The third-order valence-electron chi connectivity index (χ3n) is 5.84. The molecular formula is C24H19Cl2N5O4. The van der Waals surface area contributed by atoms with Gasteiger partial charge < -0.3 is 15.5 Å². The molecule has 0 amide bonds. The zero-order chi connectivity index (χ0) is 24.7. The van der Waals surface area contributed by atoms with Gasteiger partial charge in [0.15, 0.2) is 5.75 Å². The molecule has 0 aliphatic heterocycles. The number of nitrogens with one attached hydrogen (secondary N) is 2. The lowest BCUT2D eigenvalue weighted by Gasteiger charge is -2.17. The number of nitrogens with two attached hydrogens (primary N) is 1. The van der Waals surface area contributed by atoms with Crippen LogP contribution in [0.4, 0.5) is 5.82 Å². The summed E-state index contributed by atoms with van der Waals surface area (Å²) in [5.41, 5.74) is 7.67. The van der Waals surface area contributed by atoms with Crippen LogP contribution in [0.3, 0.4) is 0 Å². The van der Waals surface area contributed by atoms with Crippen molar-refractivity contribution in [1.29, 1.82) is 0 Å². The van der Waals surface area contributed by atoms with Crippen LogP contribution in [-0.4, -0.2) is 19.7 Å². The summed E-state index contributed by atoms with van der Waals surface area (Å²) < 4.78 is 6.78. The van der Waals surface area contributed by atoms with Crippen molar-refractivity contribution in [3.8, 4) is 28.3 Å². The van der Waals surface area contributed by atoms with Crippen LogP contribution in [0.25, 0.3) is 16.8 Å². The second kappa shape index (κ2) is 9.09. The topological polar surface area (TPSA) is 136 Å². The number of aryl methyl sites for hydroxylation is 2. The van der Waals surface area contributed by atoms with Gasteiger partial charge in [0.05, 0.1) is 21.3 Å². The first-order valence-corrected chi connectivity index (χ1v) is 11.6. The Bertz CT molecular complexity index is 1620. The summed E-state index contributed by atoms with van der Waals surface area (Å²) in [6.45, 7) is 0. The van der Waals surface area contributed by atoms with E-state index in [2.05, 4.69) is 27.2 Å². The maximum absolute atomic E-state index is 12.6. The molecule has 2 aromatic heterocycles. The van der Waals surface area contributed by atoms with E-state index in [1.54, 1.807) is 6.07 Å². The van der Waals surface area contributed by atoms with Crippen LogP contribution in [0.15, 0.2) is 57.0 Å². The van der Waals surface area contributed by atoms with Crippen molar-refractivity contribution in [2.24, 2.45) is 0 Å². The lowest BCUT2D eigenvalue weighted by Crippen LogP contribution is -2.33. The first kappa shape index (κ1) is 22.9. The highest BCUT2D eigenvalue weighted by molar-refractivity contribution is 6.37. The fourth-order valence-electron chi connectivity index (χ4n) is 4.11. The van der Waals surface area contributed by atoms with Crippen molar-refractivity contribution in [1.82, 2.24) is 19.7 Å². The van der Waals surface area contributed by atoms with Gasteiger partial charge in [0.2, 0.25) is 5.82 Å². The molecule has 0 bridgehead atoms. The maximum Gasteiger partial charge on any atom is 0.349 e. The molecule has 0 radical (unpaired) electrons. The summed E-state index contributed by atoms with van der Waals surface area (Å²) >= 11 is 12.8. The van der Waals surface area contributed by atoms with E-state index in [-0.39, 0.29) is 32.9 Å². The molecule has 1 aliphatic rings. The Hall–Kier alpha value is -3.82. The van der Waals surface area contributed by atoms with Crippen molar-refractivity contribution in [2.45, 2.75) is 25.7 Å². The number of nitrogen functional groups attached to an aromatic ring is 1. The lowest BCUT2D eigenvalue weighted by molar-refractivity contribution is 0.480. The second-order valence-electron chi connectivity index (χ2n) is 8.17. The first-order valence-electron chi connectivity index (χ1n) is 10.8. The standard InChI is InChI=1S/C24H19Cl2N5O4/c25-18-8-15(31-24(34)29-23(33)21(27)30-31)9-19(26)20(18)35-16-10-17(22(32)28-11-16)14-6-5-12-3-1-2-4-13(12)7-14/h5-11H,1-4H2,(H2,27,30)(H,28,32)(H,29,33,34). The number of halogens is 2. The number of fused-ring (bicyclic) bond motifs is 1. The molecule has 11 heteroatoms. The number of hydrogen-bond donors (Lipinski definition) is 3. The number of H-pyrrole nitrogens is 2. The molecule has 9 nitrogen and oxygen atoms in total. The molecule has 0 saturated heterocycles. The molecule has 2 aromatic carbocycles. The fraction of sp³-hybridized carbons (Fsp3) is 0.167. The summed E-state index contributed by atoms with van der Waals surface area (Å²) in [5, 5.41) is 3.92. The Morgan fingerprint density at radius 2 is 1.66 bits per heavy atom. The van der Waals surface area contributed by atoms with Gasteiger partial charge in [-0.25, -0.2) is 4.79 Å². The third-order valence-corrected chi connectivity index (χ3v) is 6.40. The van der Waals surface area contributed by atoms with E-state index in [4.69, 9.17) is 33.7 Å². The number of pyridine rings is 1. The van der Waals surface area contributed by atoms with Gasteiger partial charge in [-0.3, -0.25) is 14.6 Å². The van der Waals surface area contributed by atoms with E-state index in [1.807, 2.05) is 6.07 Å². The summed E-state index contributed by atoms with van der Waals surface area (Å²) in [6.07, 6.45) is 5.77. The van der Waals surface area contributed by atoms with Gasteiger partial charge >= 0.3 is 5.69 Å². The first-order chi connectivity index (χ1) is 16.8. The van der Waals surface area contributed by atoms with Crippen LogP contribution >= 0.6 is 23.2 Å². The SMILES string of the molecule is Nc1nn(-c2cc(Cl)c(Oc3c[nH]c(=O)c(-c4ccc5c(c4)CCCC5)c3)c(Cl)c2)c(=O)[nH]c1=O. The minimum Gasteiger partial charge on any atom is -0.453 e. The van der Waals surface area contributed by atoms with E-state index >= 15 is 0 Å². The lowest BCUT2D eigenvalue weighted by atomic mass is 9.89. The van der Waals surface area contributed by atoms with Crippen molar-refractivity contribution in [2.75, 3.05) is 5.73 Å². The largest absolute Gasteiger partial charge is 0.453 e. The molecule has 0 fully saturated rings.